The minimum atomic E-state index is -0.995. The molecule has 0 aliphatic rings. The highest BCUT2D eigenvalue weighted by molar-refractivity contribution is 6.30. The molecule has 1 aromatic rings. The summed E-state index contributed by atoms with van der Waals surface area (Å²) in [6, 6.07) is 7.20. The van der Waals surface area contributed by atoms with Crippen molar-refractivity contribution in [3.05, 3.63) is 34.9 Å². The number of halogens is 1. The fourth-order valence-electron chi connectivity index (χ4n) is 2.03. The van der Waals surface area contributed by atoms with Gasteiger partial charge in [-0.1, -0.05) is 37.6 Å². The monoisotopic (exact) mass is 311 g/mol. The Hall–Kier alpha value is -1.55. The molecule has 0 fully saturated rings. The topological polar surface area (TPSA) is 66.4 Å². The Bertz CT molecular complexity index is 526. The van der Waals surface area contributed by atoms with Gasteiger partial charge in [-0.15, -0.1) is 0 Å². The van der Waals surface area contributed by atoms with E-state index in [4.69, 9.17) is 16.7 Å². The smallest absolute Gasteiger partial charge is 0.310 e. The maximum absolute atomic E-state index is 12.4. The van der Waals surface area contributed by atoms with E-state index in [-0.39, 0.29) is 24.3 Å². The number of carboxylic acid groups (broad SMARTS) is 1. The molecule has 1 rings (SSSR count). The molecule has 21 heavy (non-hydrogen) atoms. The summed E-state index contributed by atoms with van der Waals surface area (Å²) >= 11 is 5.98. The molecule has 0 saturated heterocycles. The van der Waals surface area contributed by atoms with Crippen molar-refractivity contribution in [2.75, 3.05) is 6.54 Å². The van der Waals surface area contributed by atoms with Crippen LogP contribution in [0.3, 0.4) is 0 Å². The Kier molecular flexibility index (Phi) is 5.78. The number of nitrogens with one attached hydrogen (secondary N) is 1. The molecular formula is C16H22ClNO3. The molecule has 5 heteroatoms. The molecule has 2 N–H and O–H groups in total. The van der Waals surface area contributed by atoms with Crippen molar-refractivity contribution in [3.8, 4) is 0 Å². The first kappa shape index (κ1) is 17.5. The molecule has 0 bridgehead atoms. The number of rotatable bonds is 6. The van der Waals surface area contributed by atoms with Gasteiger partial charge in [0.15, 0.2) is 0 Å². The second-order valence-corrected chi connectivity index (χ2v) is 6.62. The van der Waals surface area contributed by atoms with E-state index in [2.05, 4.69) is 5.32 Å². The van der Waals surface area contributed by atoms with E-state index in [9.17, 15) is 9.59 Å². The van der Waals surface area contributed by atoms with E-state index in [1.165, 1.54) is 0 Å². The van der Waals surface area contributed by atoms with Crippen LogP contribution in [0.25, 0.3) is 0 Å². The summed E-state index contributed by atoms with van der Waals surface area (Å²) in [6.07, 6.45) is 0. The highest BCUT2D eigenvalue weighted by Crippen LogP contribution is 2.27. The van der Waals surface area contributed by atoms with Gasteiger partial charge in [0.05, 0.1) is 11.3 Å². The van der Waals surface area contributed by atoms with Crippen LogP contribution in [0.5, 0.6) is 0 Å². The van der Waals surface area contributed by atoms with Crippen molar-refractivity contribution in [2.24, 2.45) is 11.3 Å². The fraction of sp³-hybridized carbons (Fsp3) is 0.500. The fourth-order valence-corrected chi connectivity index (χ4v) is 2.23. The van der Waals surface area contributed by atoms with Crippen LogP contribution in [0.4, 0.5) is 0 Å². The summed E-state index contributed by atoms with van der Waals surface area (Å²) in [6.45, 7) is 7.16. The number of carboxylic acids is 1. The number of carbonyl (C=O) groups excluding carboxylic acids is 1. The molecule has 0 heterocycles. The summed E-state index contributed by atoms with van der Waals surface area (Å²) in [4.78, 5) is 23.5. The SMILES string of the molecule is CC(C)C(C(=O)NCC(C)(C)C(=O)O)c1cccc(Cl)c1. The van der Waals surface area contributed by atoms with Crippen LogP contribution in [0, 0.1) is 11.3 Å². The number of hydrogen-bond donors (Lipinski definition) is 2. The normalized spacial score (nSPS) is 13.0. The summed E-state index contributed by atoms with van der Waals surface area (Å²) in [5, 5.41) is 12.4. The maximum atomic E-state index is 12.4. The molecular weight excluding hydrogens is 290 g/mol. The van der Waals surface area contributed by atoms with E-state index < -0.39 is 11.4 Å². The van der Waals surface area contributed by atoms with Gasteiger partial charge in [0.1, 0.15) is 0 Å². The molecule has 0 radical (unpaired) electrons. The largest absolute Gasteiger partial charge is 0.481 e. The Morgan fingerprint density at radius 3 is 2.43 bits per heavy atom. The summed E-state index contributed by atoms with van der Waals surface area (Å²) in [5.41, 5.74) is -0.158. The van der Waals surface area contributed by atoms with Crippen molar-refractivity contribution >= 4 is 23.5 Å². The average Bonchev–Trinajstić information content (AvgIpc) is 2.36. The third-order valence-electron chi connectivity index (χ3n) is 3.44. The van der Waals surface area contributed by atoms with Crippen LogP contribution in [-0.4, -0.2) is 23.5 Å². The van der Waals surface area contributed by atoms with Crippen LogP contribution in [-0.2, 0) is 9.59 Å². The Morgan fingerprint density at radius 2 is 1.95 bits per heavy atom. The van der Waals surface area contributed by atoms with Gasteiger partial charge in [0.2, 0.25) is 5.91 Å². The van der Waals surface area contributed by atoms with Crippen molar-refractivity contribution in [3.63, 3.8) is 0 Å². The lowest BCUT2D eigenvalue weighted by atomic mass is 9.87. The van der Waals surface area contributed by atoms with Gasteiger partial charge < -0.3 is 10.4 Å². The lowest BCUT2D eigenvalue weighted by Gasteiger charge is -2.24. The van der Waals surface area contributed by atoms with E-state index in [1.54, 1.807) is 26.0 Å². The van der Waals surface area contributed by atoms with Gasteiger partial charge in [0.25, 0.3) is 0 Å². The first-order valence-electron chi connectivity index (χ1n) is 6.91. The van der Waals surface area contributed by atoms with Crippen LogP contribution in [0.1, 0.15) is 39.2 Å². The molecule has 4 nitrogen and oxygen atoms in total. The number of amides is 1. The summed E-state index contributed by atoms with van der Waals surface area (Å²) in [5.74, 6) is -1.39. The van der Waals surface area contributed by atoms with Gasteiger partial charge >= 0.3 is 5.97 Å². The van der Waals surface area contributed by atoms with Gasteiger partial charge in [-0.3, -0.25) is 9.59 Å². The Labute approximate surface area is 130 Å². The number of benzene rings is 1. The van der Waals surface area contributed by atoms with Gasteiger partial charge in [-0.25, -0.2) is 0 Å². The second kappa shape index (κ2) is 6.94. The van der Waals surface area contributed by atoms with E-state index in [1.807, 2.05) is 26.0 Å². The Morgan fingerprint density at radius 1 is 1.33 bits per heavy atom. The first-order chi connectivity index (χ1) is 9.65. The maximum Gasteiger partial charge on any atom is 0.310 e. The lowest BCUT2D eigenvalue weighted by molar-refractivity contribution is -0.146. The number of carbonyl (C=O) groups is 2. The molecule has 0 spiro atoms. The van der Waals surface area contributed by atoms with E-state index >= 15 is 0 Å². The quantitative estimate of drug-likeness (QED) is 0.847. The third kappa shape index (κ3) is 4.74. The first-order valence-corrected chi connectivity index (χ1v) is 7.29. The van der Waals surface area contributed by atoms with Crippen LogP contribution < -0.4 is 5.32 Å². The zero-order chi connectivity index (χ0) is 16.2. The van der Waals surface area contributed by atoms with Gasteiger partial charge in [-0.05, 0) is 37.5 Å². The molecule has 1 unspecified atom stereocenters. The average molecular weight is 312 g/mol. The van der Waals surface area contributed by atoms with Crippen LogP contribution in [0.2, 0.25) is 5.02 Å². The minimum absolute atomic E-state index is 0.0800. The molecule has 0 aliphatic carbocycles. The lowest BCUT2D eigenvalue weighted by Crippen LogP contribution is -2.41. The molecule has 116 valence electrons. The van der Waals surface area contributed by atoms with Crippen molar-refractivity contribution in [1.29, 1.82) is 0 Å². The van der Waals surface area contributed by atoms with Gasteiger partial charge in [-0.2, -0.15) is 0 Å². The van der Waals surface area contributed by atoms with Gasteiger partial charge in [0, 0.05) is 11.6 Å². The summed E-state index contributed by atoms with van der Waals surface area (Å²) < 4.78 is 0. The van der Waals surface area contributed by atoms with E-state index in [0.717, 1.165) is 5.56 Å². The van der Waals surface area contributed by atoms with Crippen LogP contribution >= 0.6 is 11.6 Å². The molecule has 1 amide bonds. The predicted octanol–water partition coefficient (Wildman–Crippen LogP) is 3.31. The standard InChI is InChI=1S/C16H22ClNO3/c1-10(2)13(11-6-5-7-12(17)8-11)14(19)18-9-16(3,4)15(20)21/h5-8,10,13H,9H2,1-4H3,(H,18,19)(H,20,21). The molecule has 1 aromatic carbocycles. The Balaban J connectivity index is 2.87. The molecule has 0 aromatic heterocycles. The van der Waals surface area contributed by atoms with Crippen molar-refractivity contribution in [1.82, 2.24) is 5.32 Å². The van der Waals surface area contributed by atoms with E-state index in [0.29, 0.717) is 5.02 Å². The highest BCUT2D eigenvalue weighted by atomic mass is 35.5. The number of hydrogen-bond acceptors (Lipinski definition) is 2. The highest BCUT2D eigenvalue weighted by Gasteiger charge is 2.30. The van der Waals surface area contributed by atoms with Crippen LogP contribution in [0.15, 0.2) is 24.3 Å². The summed E-state index contributed by atoms with van der Waals surface area (Å²) in [7, 11) is 0. The zero-order valence-electron chi connectivity index (χ0n) is 12.8. The van der Waals surface area contributed by atoms with Crippen molar-refractivity contribution < 1.29 is 14.7 Å². The molecule has 0 saturated carbocycles. The predicted molar refractivity (Wildman–Crippen MR) is 83.5 cm³/mol. The zero-order valence-corrected chi connectivity index (χ0v) is 13.6. The second-order valence-electron chi connectivity index (χ2n) is 6.18. The number of aliphatic carboxylic acids is 1. The molecule has 1 atom stereocenters. The third-order valence-corrected chi connectivity index (χ3v) is 3.68. The van der Waals surface area contributed by atoms with Crippen molar-refractivity contribution in [2.45, 2.75) is 33.6 Å². The molecule has 0 aliphatic heterocycles. The minimum Gasteiger partial charge on any atom is -0.481 e.